The summed E-state index contributed by atoms with van der Waals surface area (Å²) in [7, 11) is -0.763. The molecule has 2 N–H and O–H groups in total. The second-order valence-electron chi connectivity index (χ2n) is 8.38. The lowest BCUT2D eigenvalue weighted by Crippen LogP contribution is -2.56. The van der Waals surface area contributed by atoms with Crippen molar-refractivity contribution in [2.75, 3.05) is 5.75 Å². The van der Waals surface area contributed by atoms with E-state index in [1.807, 2.05) is 0 Å². The molecule has 0 saturated heterocycles. The van der Waals surface area contributed by atoms with Crippen molar-refractivity contribution < 1.29 is 4.21 Å². The van der Waals surface area contributed by atoms with E-state index >= 15 is 0 Å². The lowest BCUT2D eigenvalue weighted by atomic mass is 9.48. The van der Waals surface area contributed by atoms with Crippen LogP contribution in [0.4, 0.5) is 0 Å². The highest BCUT2D eigenvalue weighted by Crippen LogP contribution is 2.61. The topological polar surface area (TPSA) is 43.1 Å². The number of rotatable bonds is 5. The van der Waals surface area contributed by atoms with Crippen molar-refractivity contribution in [3.05, 3.63) is 0 Å². The highest BCUT2D eigenvalue weighted by Gasteiger charge is 2.53. The Morgan fingerprint density at radius 3 is 1.90 bits per heavy atom. The van der Waals surface area contributed by atoms with Crippen LogP contribution in [-0.4, -0.2) is 21.3 Å². The molecular weight excluding hydrogens is 266 g/mol. The van der Waals surface area contributed by atoms with Crippen LogP contribution in [0.15, 0.2) is 0 Å². The summed E-state index contributed by atoms with van der Waals surface area (Å²) < 4.78 is 12.5. The van der Waals surface area contributed by atoms with E-state index in [0.29, 0.717) is 11.3 Å². The molecule has 0 aliphatic heterocycles. The van der Waals surface area contributed by atoms with Gasteiger partial charge in [0.15, 0.2) is 0 Å². The molecule has 4 bridgehead atoms. The summed E-state index contributed by atoms with van der Waals surface area (Å²) >= 11 is 0. The Kier molecular flexibility index (Phi) is 4.05. The van der Waals surface area contributed by atoms with Gasteiger partial charge in [-0.3, -0.25) is 4.21 Å². The van der Waals surface area contributed by atoms with Gasteiger partial charge in [-0.1, -0.05) is 20.8 Å². The van der Waals surface area contributed by atoms with Crippen LogP contribution in [0.1, 0.15) is 59.3 Å². The molecule has 0 heterocycles. The van der Waals surface area contributed by atoms with E-state index < -0.39 is 10.8 Å². The third-order valence-corrected chi connectivity index (χ3v) is 8.63. The molecule has 0 radical (unpaired) electrons. The van der Waals surface area contributed by atoms with Gasteiger partial charge in [0.05, 0.1) is 0 Å². The van der Waals surface area contributed by atoms with Crippen molar-refractivity contribution in [1.29, 1.82) is 0 Å². The normalized spacial score (nSPS) is 43.8. The van der Waals surface area contributed by atoms with Gasteiger partial charge >= 0.3 is 0 Å². The fourth-order valence-corrected chi connectivity index (χ4v) is 7.06. The molecule has 0 amide bonds. The molecule has 4 fully saturated rings. The van der Waals surface area contributed by atoms with E-state index in [1.165, 1.54) is 38.5 Å². The van der Waals surface area contributed by atoms with Crippen molar-refractivity contribution in [3.63, 3.8) is 0 Å². The number of nitrogens with two attached hydrogens (primary N) is 1. The van der Waals surface area contributed by atoms with Gasteiger partial charge in [0.1, 0.15) is 0 Å². The van der Waals surface area contributed by atoms with Gasteiger partial charge < -0.3 is 5.73 Å². The summed E-state index contributed by atoms with van der Waals surface area (Å²) in [4.78, 5) is 0. The van der Waals surface area contributed by atoms with Gasteiger partial charge in [-0.2, -0.15) is 0 Å². The molecule has 0 aromatic heterocycles. The molecule has 116 valence electrons. The molecule has 3 unspecified atom stereocenters. The Labute approximate surface area is 126 Å². The molecule has 0 aromatic rings. The molecule has 2 nitrogen and oxygen atoms in total. The minimum Gasteiger partial charge on any atom is -0.326 e. The van der Waals surface area contributed by atoms with Crippen molar-refractivity contribution in [2.45, 2.75) is 70.6 Å². The molecule has 20 heavy (non-hydrogen) atoms. The van der Waals surface area contributed by atoms with E-state index in [4.69, 9.17) is 5.73 Å². The maximum absolute atomic E-state index is 12.5. The number of hydrogen-bond acceptors (Lipinski definition) is 2. The van der Waals surface area contributed by atoms with E-state index in [9.17, 15) is 4.21 Å². The summed E-state index contributed by atoms with van der Waals surface area (Å²) in [6.45, 7) is 6.45. The van der Waals surface area contributed by atoms with E-state index in [0.717, 1.165) is 23.5 Å². The average molecular weight is 298 g/mol. The quantitative estimate of drug-likeness (QED) is 0.846. The standard InChI is InChI=1S/C17H31NOS/c1-11(2)12(3)20(19)10-16(18)17-7-13-4-14(8-17)6-15(5-13)9-17/h11-16H,4-10,18H2,1-3H3. The summed E-state index contributed by atoms with van der Waals surface area (Å²) in [5.74, 6) is 4.01. The molecule has 0 aromatic carbocycles. The maximum Gasteiger partial charge on any atom is 0.0394 e. The van der Waals surface area contributed by atoms with Crippen molar-refractivity contribution in [2.24, 2.45) is 34.8 Å². The Morgan fingerprint density at radius 1 is 1.05 bits per heavy atom. The van der Waals surface area contributed by atoms with Gasteiger partial charge in [0.25, 0.3) is 0 Å². The van der Waals surface area contributed by atoms with Crippen LogP contribution < -0.4 is 5.73 Å². The zero-order chi connectivity index (χ0) is 14.5. The van der Waals surface area contributed by atoms with Crippen LogP contribution >= 0.6 is 0 Å². The molecular formula is C17H31NOS. The third kappa shape index (κ3) is 2.61. The minimum atomic E-state index is -0.763. The predicted molar refractivity (Wildman–Crippen MR) is 85.9 cm³/mol. The van der Waals surface area contributed by atoms with Gasteiger partial charge in [-0.25, -0.2) is 0 Å². The SMILES string of the molecule is CC(C)C(C)S(=O)CC(N)C12CC3CC(CC(C3)C1)C2. The van der Waals surface area contributed by atoms with Crippen LogP contribution in [0, 0.1) is 29.1 Å². The second kappa shape index (κ2) is 5.39. The van der Waals surface area contributed by atoms with Crippen LogP contribution in [0.3, 0.4) is 0 Å². The first-order chi connectivity index (χ1) is 9.39. The molecule has 4 saturated carbocycles. The van der Waals surface area contributed by atoms with Gasteiger partial charge in [-0.15, -0.1) is 0 Å². The molecule has 3 heteroatoms. The largest absolute Gasteiger partial charge is 0.326 e. The Bertz CT molecular complexity index is 357. The van der Waals surface area contributed by atoms with E-state index in [1.54, 1.807) is 0 Å². The summed E-state index contributed by atoms with van der Waals surface area (Å²) in [6, 6.07) is 0.165. The van der Waals surface area contributed by atoms with E-state index in [-0.39, 0.29) is 11.3 Å². The molecule has 0 spiro atoms. The van der Waals surface area contributed by atoms with Crippen molar-refractivity contribution >= 4 is 10.8 Å². The highest BCUT2D eigenvalue weighted by molar-refractivity contribution is 7.85. The van der Waals surface area contributed by atoms with Gasteiger partial charge in [-0.05, 0) is 67.6 Å². The first kappa shape index (κ1) is 15.0. The van der Waals surface area contributed by atoms with Gasteiger partial charge in [0, 0.05) is 27.8 Å². The summed E-state index contributed by atoms with van der Waals surface area (Å²) in [5.41, 5.74) is 6.97. The molecule has 4 aliphatic carbocycles. The summed E-state index contributed by atoms with van der Waals surface area (Å²) in [5, 5.41) is 0.273. The highest BCUT2D eigenvalue weighted by atomic mass is 32.2. The van der Waals surface area contributed by atoms with Crippen LogP contribution in [0.5, 0.6) is 0 Å². The predicted octanol–water partition coefficient (Wildman–Crippen LogP) is 3.32. The Hall–Kier alpha value is 0.110. The second-order valence-corrected chi connectivity index (χ2v) is 10.2. The average Bonchev–Trinajstić information content (AvgIpc) is 2.35. The van der Waals surface area contributed by atoms with Crippen molar-refractivity contribution in [1.82, 2.24) is 0 Å². The number of hydrogen-bond donors (Lipinski definition) is 1. The van der Waals surface area contributed by atoms with Gasteiger partial charge in [0.2, 0.25) is 0 Å². The first-order valence-electron chi connectivity index (χ1n) is 8.52. The molecule has 4 rings (SSSR count). The fraction of sp³-hybridized carbons (Fsp3) is 1.00. The third-order valence-electron chi connectivity index (χ3n) is 6.57. The lowest BCUT2D eigenvalue weighted by molar-refractivity contribution is -0.0631. The van der Waals surface area contributed by atoms with Crippen LogP contribution in [-0.2, 0) is 10.8 Å². The lowest BCUT2D eigenvalue weighted by Gasteiger charge is -2.59. The zero-order valence-corrected chi connectivity index (χ0v) is 14.1. The molecule has 3 atom stereocenters. The van der Waals surface area contributed by atoms with Crippen LogP contribution in [0.25, 0.3) is 0 Å². The maximum atomic E-state index is 12.5. The first-order valence-corrected chi connectivity index (χ1v) is 9.90. The van der Waals surface area contributed by atoms with Crippen molar-refractivity contribution in [3.8, 4) is 0 Å². The smallest absolute Gasteiger partial charge is 0.0394 e. The minimum absolute atomic E-state index is 0.165. The zero-order valence-electron chi connectivity index (χ0n) is 13.3. The van der Waals surface area contributed by atoms with Crippen LogP contribution in [0.2, 0.25) is 0 Å². The monoisotopic (exact) mass is 297 g/mol. The Morgan fingerprint density at radius 2 is 1.50 bits per heavy atom. The Balaban J connectivity index is 1.68. The molecule has 4 aliphatic rings. The fourth-order valence-electron chi connectivity index (χ4n) is 5.44. The summed E-state index contributed by atoms with van der Waals surface area (Å²) in [6.07, 6.45) is 8.35. The van der Waals surface area contributed by atoms with E-state index in [2.05, 4.69) is 20.8 Å².